The minimum Gasteiger partial charge on any atom is -0.368 e. The van der Waals surface area contributed by atoms with Crippen LogP contribution >= 0.6 is 11.8 Å². The van der Waals surface area contributed by atoms with Gasteiger partial charge in [0.2, 0.25) is 0 Å². The molecule has 33 heavy (non-hydrogen) atoms. The van der Waals surface area contributed by atoms with Crippen molar-refractivity contribution in [1.82, 2.24) is 4.90 Å². The summed E-state index contributed by atoms with van der Waals surface area (Å²) >= 11 is 1.48. The predicted molar refractivity (Wildman–Crippen MR) is 135 cm³/mol. The fourth-order valence-electron chi connectivity index (χ4n) is 4.68. The molecule has 0 aromatic heterocycles. The summed E-state index contributed by atoms with van der Waals surface area (Å²) in [6.45, 7) is 7.28. The average Bonchev–Trinajstić information content (AvgIpc) is 3.28. The van der Waals surface area contributed by atoms with Gasteiger partial charge in [-0.25, -0.2) is 8.42 Å². The van der Waals surface area contributed by atoms with E-state index in [2.05, 4.69) is 47.3 Å². The van der Waals surface area contributed by atoms with E-state index in [-0.39, 0.29) is 28.7 Å². The molecule has 0 spiro atoms. The molecule has 3 heterocycles. The molecule has 0 saturated carbocycles. The molecule has 0 radical (unpaired) electrons. The highest BCUT2D eigenvalue weighted by atomic mass is 32.2. The van der Waals surface area contributed by atoms with Crippen molar-refractivity contribution >= 4 is 44.0 Å². The van der Waals surface area contributed by atoms with Gasteiger partial charge in [0.05, 0.1) is 17.5 Å². The highest BCUT2D eigenvalue weighted by Gasteiger charge is 2.42. The Kier molecular flexibility index (Phi) is 5.86. The number of nitrogens with one attached hydrogen (secondary N) is 1. The third kappa shape index (κ3) is 4.61. The molecule has 7 nitrogen and oxygen atoms in total. The van der Waals surface area contributed by atoms with Crippen molar-refractivity contribution in [2.24, 2.45) is 4.99 Å². The first-order valence-corrected chi connectivity index (χ1v) is 13.9. The lowest BCUT2D eigenvalue weighted by Crippen LogP contribution is -2.49. The van der Waals surface area contributed by atoms with Gasteiger partial charge in [-0.1, -0.05) is 30.0 Å². The molecule has 2 fully saturated rings. The third-order valence-corrected chi connectivity index (χ3v) is 9.80. The Morgan fingerprint density at radius 3 is 2.58 bits per heavy atom. The van der Waals surface area contributed by atoms with Crippen molar-refractivity contribution in [2.45, 2.75) is 25.1 Å². The highest BCUT2D eigenvalue weighted by Crippen LogP contribution is 2.34. The monoisotopic (exact) mass is 484 g/mol. The van der Waals surface area contributed by atoms with Gasteiger partial charge >= 0.3 is 0 Å². The minimum atomic E-state index is -2.97. The Balaban J connectivity index is 1.22. The molecule has 0 bridgehead atoms. The van der Waals surface area contributed by atoms with Gasteiger partial charge < -0.3 is 15.1 Å². The summed E-state index contributed by atoms with van der Waals surface area (Å²) in [5.74, 6) is 0.342. The van der Waals surface area contributed by atoms with E-state index in [0.717, 1.165) is 23.9 Å². The van der Waals surface area contributed by atoms with Gasteiger partial charge in [-0.2, -0.15) is 0 Å². The van der Waals surface area contributed by atoms with Gasteiger partial charge in [-0.3, -0.25) is 9.79 Å². The molecule has 1 amide bonds. The van der Waals surface area contributed by atoms with E-state index in [4.69, 9.17) is 0 Å². The van der Waals surface area contributed by atoms with Crippen LogP contribution in [0.15, 0.2) is 47.5 Å². The van der Waals surface area contributed by atoms with Crippen LogP contribution < -0.4 is 10.2 Å². The Morgan fingerprint density at radius 1 is 1.06 bits per heavy atom. The number of aryl methyl sites for hydroxylation is 1. The zero-order valence-electron chi connectivity index (χ0n) is 18.8. The van der Waals surface area contributed by atoms with E-state index < -0.39 is 9.84 Å². The van der Waals surface area contributed by atoms with E-state index in [1.165, 1.54) is 28.6 Å². The maximum Gasteiger partial charge on any atom is 0.254 e. The standard InChI is InChI=1S/C24H28N4O3S2/c1-16-5-3-8-21(17(16)2)27-9-11-28(12-10-27)23(29)18-6-4-7-19(13-18)25-24-26-20-14-33(30,31)15-22(20)32-24/h3-8,13,20,22H,9-12,14-15H2,1-2H3,(H,25,26)/t20-,22+/m0/s1. The van der Waals surface area contributed by atoms with E-state index in [1.807, 2.05) is 29.2 Å². The van der Waals surface area contributed by atoms with Crippen molar-refractivity contribution in [2.75, 3.05) is 47.9 Å². The number of fused-ring (bicyclic) bond motifs is 1. The molecule has 2 aromatic carbocycles. The van der Waals surface area contributed by atoms with E-state index in [1.54, 1.807) is 0 Å². The molecule has 0 aliphatic carbocycles. The van der Waals surface area contributed by atoms with E-state index in [9.17, 15) is 13.2 Å². The second-order valence-corrected chi connectivity index (χ2v) is 12.3. The van der Waals surface area contributed by atoms with Crippen LogP contribution in [0.2, 0.25) is 0 Å². The number of carbonyl (C=O) groups excluding carboxylic acids is 1. The SMILES string of the molecule is Cc1cccc(N2CCN(C(=O)c3cccc(NC4=N[C@H]5CS(=O)(=O)C[C@H]5S4)c3)CC2)c1C. The lowest BCUT2D eigenvalue weighted by atomic mass is 10.1. The van der Waals surface area contributed by atoms with Crippen LogP contribution in [0, 0.1) is 13.8 Å². The maximum absolute atomic E-state index is 13.2. The summed E-state index contributed by atoms with van der Waals surface area (Å²) in [7, 11) is -2.97. The first-order valence-electron chi connectivity index (χ1n) is 11.2. The molecule has 2 saturated heterocycles. The van der Waals surface area contributed by atoms with Crippen molar-refractivity contribution in [1.29, 1.82) is 0 Å². The molecular formula is C24H28N4O3S2. The van der Waals surface area contributed by atoms with Gasteiger partial charge in [0, 0.05) is 48.4 Å². The maximum atomic E-state index is 13.2. The summed E-state index contributed by atoms with van der Waals surface area (Å²) in [5.41, 5.74) is 5.27. The number of anilines is 2. The third-order valence-electron chi connectivity index (χ3n) is 6.66. The van der Waals surface area contributed by atoms with Crippen LogP contribution in [0.5, 0.6) is 0 Å². The predicted octanol–water partition coefficient (Wildman–Crippen LogP) is 2.95. The first kappa shape index (κ1) is 22.3. The van der Waals surface area contributed by atoms with Crippen LogP contribution in [0.1, 0.15) is 21.5 Å². The normalized spacial score (nSPS) is 23.9. The number of piperazine rings is 1. The average molecular weight is 485 g/mol. The Morgan fingerprint density at radius 2 is 1.82 bits per heavy atom. The molecular weight excluding hydrogens is 456 g/mol. The Labute approximate surface area is 199 Å². The van der Waals surface area contributed by atoms with Crippen molar-refractivity contribution in [3.05, 3.63) is 59.2 Å². The van der Waals surface area contributed by atoms with Crippen LogP contribution in [-0.4, -0.2) is 73.4 Å². The summed E-state index contributed by atoms with van der Waals surface area (Å²) in [5, 5.41) is 4.00. The number of carbonyl (C=O) groups is 1. The second kappa shape index (κ2) is 8.68. The lowest BCUT2D eigenvalue weighted by molar-refractivity contribution is 0.0747. The van der Waals surface area contributed by atoms with Crippen molar-refractivity contribution < 1.29 is 13.2 Å². The van der Waals surface area contributed by atoms with Gasteiger partial charge in [0.1, 0.15) is 0 Å². The molecule has 9 heteroatoms. The van der Waals surface area contributed by atoms with Gasteiger partial charge in [0.25, 0.3) is 5.91 Å². The van der Waals surface area contributed by atoms with Crippen molar-refractivity contribution in [3.63, 3.8) is 0 Å². The molecule has 174 valence electrons. The van der Waals surface area contributed by atoms with Crippen LogP contribution in [-0.2, 0) is 9.84 Å². The lowest BCUT2D eigenvalue weighted by Gasteiger charge is -2.37. The molecule has 5 rings (SSSR count). The number of hydrogen-bond acceptors (Lipinski definition) is 7. The summed E-state index contributed by atoms with van der Waals surface area (Å²) in [6, 6.07) is 13.7. The summed E-state index contributed by atoms with van der Waals surface area (Å²) in [4.78, 5) is 22.0. The quantitative estimate of drug-likeness (QED) is 0.722. The van der Waals surface area contributed by atoms with Crippen LogP contribution in [0.4, 0.5) is 11.4 Å². The smallest absolute Gasteiger partial charge is 0.254 e. The highest BCUT2D eigenvalue weighted by molar-refractivity contribution is 8.15. The van der Waals surface area contributed by atoms with E-state index in [0.29, 0.717) is 18.7 Å². The molecule has 0 unspecified atom stereocenters. The van der Waals surface area contributed by atoms with Gasteiger partial charge in [-0.15, -0.1) is 0 Å². The van der Waals surface area contributed by atoms with Crippen molar-refractivity contribution in [3.8, 4) is 0 Å². The molecule has 3 aliphatic rings. The van der Waals surface area contributed by atoms with Gasteiger partial charge in [0.15, 0.2) is 15.0 Å². The molecule has 2 atom stereocenters. The Hall–Kier alpha value is -2.52. The van der Waals surface area contributed by atoms with E-state index >= 15 is 0 Å². The largest absolute Gasteiger partial charge is 0.368 e. The Bertz CT molecular complexity index is 1220. The number of amides is 1. The number of hydrogen-bond donors (Lipinski definition) is 1. The fourth-order valence-corrected chi connectivity index (χ4v) is 8.36. The second-order valence-electron chi connectivity index (χ2n) is 8.94. The summed E-state index contributed by atoms with van der Waals surface area (Å²) in [6.07, 6.45) is 0. The molecule has 2 aromatic rings. The number of nitrogens with zero attached hydrogens (tertiary/aromatic N) is 3. The summed E-state index contributed by atoms with van der Waals surface area (Å²) < 4.78 is 23.5. The zero-order chi connectivity index (χ0) is 23.2. The van der Waals surface area contributed by atoms with Crippen LogP contribution in [0.3, 0.4) is 0 Å². The topological polar surface area (TPSA) is 82.1 Å². The minimum absolute atomic E-state index is 0.00403. The number of sulfone groups is 1. The zero-order valence-corrected chi connectivity index (χ0v) is 20.5. The number of thioether (sulfide) groups is 1. The number of amidine groups is 1. The van der Waals surface area contributed by atoms with Crippen LogP contribution in [0.25, 0.3) is 0 Å². The number of rotatable bonds is 3. The molecule has 1 N–H and O–H groups in total. The number of benzene rings is 2. The number of aliphatic imine (C=N–C) groups is 1. The fraction of sp³-hybridized carbons (Fsp3) is 0.417. The van der Waals surface area contributed by atoms with Gasteiger partial charge in [-0.05, 0) is 49.2 Å². The first-order chi connectivity index (χ1) is 15.8. The molecule has 3 aliphatic heterocycles.